The number of aliphatic hydroxyl groups is 1. The van der Waals surface area contributed by atoms with Crippen LogP contribution in [0.3, 0.4) is 0 Å². The van der Waals surface area contributed by atoms with Crippen molar-refractivity contribution in [1.29, 1.82) is 0 Å². The number of nitrogens with zero attached hydrogens (tertiary/aromatic N) is 1. The van der Waals surface area contributed by atoms with Crippen LogP contribution in [0.5, 0.6) is 0 Å². The predicted octanol–water partition coefficient (Wildman–Crippen LogP) is 0.762. The summed E-state index contributed by atoms with van der Waals surface area (Å²) in [5, 5.41) is 18.5. The van der Waals surface area contributed by atoms with Crippen LogP contribution in [0.4, 0.5) is 0 Å². The summed E-state index contributed by atoms with van der Waals surface area (Å²) in [5.74, 6) is -1.33. The van der Waals surface area contributed by atoms with Crippen molar-refractivity contribution in [2.24, 2.45) is 5.92 Å². The fraction of sp³-hybridized carbons (Fsp3) is 0.400. The van der Waals surface area contributed by atoms with Gasteiger partial charge in [-0.05, 0) is 24.5 Å². The smallest absolute Gasteiger partial charge is 0.306 e. The number of fused-ring (bicyclic) bond motifs is 1. The van der Waals surface area contributed by atoms with Gasteiger partial charge in [0.25, 0.3) is 0 Å². The van der Waals surface area contributed by atoms with E-state index in [1.165, 1.54) is 0 Å². The lowest BCUT2D eigenvalue weighted by atomic mass is 9.85. The Kier molecular flexibility index (Phi) is 2.21. The first-order valence-electron chi connectivity index (χ1n) is 4.53. The Morgan fingerprint density at radius 2 is 2.36 bits per heavy atom. The molecule has 0 saturated carbocycles. The van der Waals surface area contributed by atoms with Gasteiger partial charge in [-0.2, -0.15) is 0 Å². The van der Waals surface area contributed by atoms with Gasteiger partial charge < -0.3 is 10.2 Å². The van der Waals surface area contributed by atoms with Crippen molar-refractivity contribution < 1.29 is 15.0 Å². The standard InChI is InChI=1S/C10H11NO3/c12-8-5-7(10(13)14)4-6-2-1-3-11-9(6)8/h1-3,7-8,12H,4-5H2,(H,13,14). The van der Waals surface area contributed by atoms with Crippen LogP contribution in [0.25, 0.3) is 0 Å². The van der Waals surface area contributed by atoms with Gasteiger partial charge >= 0.3 is 5.97 Å². The minimum absolute atomic E-state index is 0.263. The molecule has 1 aromatic rings. The van der Waals surface area contributed by atoms with Gasteiger partial charge in [0.15, 0.2) is 0 Å². The Labute approximate surface area is 81.2 Å². The summed E-state index contributed by atoms with van der Waals surface area (Å²) in [6.07, 6.45) is 1.61. The number of aliphatic carboxylic acids is 1. The first-order chi connectivity index (χ1) is 6.68. The molecule has 0 aromatic carbocycles. The number of hydrogen-bond donors (Lipinski definition) is 2. The number of pyridine rings is 1. The molecule has 0 spiro atoms. The Hall–Kier alpha value is -1.42. The summed E-state index contributed by atoms with van der Waals surface area (Å²) in [4.78, 5) is 14.8. The minimum Gasteiger partial charge on any atom is -0.481 e. The molecule has 14 heavy (non-hydrogen) atoms. The van der Waals surface area contributed by atoms with Gasteiger partial charge in [0.05, 0.1) is 17.7 Å². The largest absolute Gasteiger partial charge is 0.481 e. The van der Waals surface area contributed by atoms with E-state index in [0.29, 0.717) is 12.1 Å². The molecule has 74 valence electrons. The fourth-order valence-corrected chi connectivity index (χ4v) is 1.84. The third-order valence-electron chi connectivity index (χ3n) is 2.57. The van der Waals surface area contributed by atoms with Gasteiger partial charge in [-0.3, -0.25) is 9.78 Å². The molecule has 0 fully saturated rings. The van der Waals surface area contributed by atoms with Crippen LogP contribution < -0.4 is 0 Å². The first kappa shape index (κ1) is 9.15. The second-order valence-electron chi connectivity index (χ2n) is 3.54. The molecule has 0 bridgehead atoms. The van der Waals surface area contributed by atoms with Crippen molar-refractivity contribution in [1.82, 2.24) is 4.98 Å². The molecule has 0 radical (unpaired) electrons. The molecule has 0 amide bonds. The highest BCUT2D eigenvalue weighted by molar-refractivity contribution is 5.71. The molecular formula is C10H11NO3. The van der Waals surface area contributed by atoms with Crippen molar-refractivity contribution in [2.45, 2.75) is 18.9 Å². The quantitative estimate of drug-likeness (QED) is 0.690. The number of carbonyl (C=O) groups is 1. The number of carboxylic acid groups (broad SMARTS) is 1. The van der Waals surface area contributed by atoms with Crippen molar-refractivity contribution in [2.75, 3.05) is 0 Å². The van der Waals surface area contributed by atoms with Gasteiger partial charge in [0.1, 0.15) is 0 Å². The molecule has 2 rings (SSSR count). The maximum atomic E-state index is 10.8. The maximum absolute atomic E-state index is 10.8. The summed E-state index contributed by atoms with van der Waals surface area (Å²) >= 11 is 0. The highest BCUT2D eigenvalue weighted by Gasteiger charge is 2.30. The molecule has 2 atom stereocenters. The Morgan fingerprint density at radius 1 is 1.57 bits per heavy atom. The van der Waals surface area contributed by atoms with Crippen LogP contribution >= 0.6 is 0 Å². The highest BCUT2D eigenvalue weighted by atomic mass is 16.4. The molecular weight excluding hydrogens is 182 g/mol. The van der Waals surface area contributed by atoms with Gasteiger partial charge in [-0.15, -0.1) is 0 Å². The van der Waals surface area contributed by atoms with E-state index in [-0.39, 0.29) is 6.42 Å². The zero-order valence-electron chi connectivity index (χ0n) is 7.55. The summed E-state index contributed by atoms with van der Waals surface area (Å²) in [6, 6.07) is 3.58. The normalized spacial score (nSPS) is 25.5. The summed E-state index contributed by atoms with van der Waals surface area (Å²) < 4.78 is 0. The van der Waals surface area contributed by atoms with Gasteiger partial charge in [-0.1, -0.05) is 6.07 Å². The van der Waals surface area contributed by atoms with Crippen molar-refractivity contribution in [3.8, 4) is 0 Å². The van der Waals surface area contributed by atoms with E-state index in [9.17, 15) is 9.90 Å². The molecule has 1 aliphatic rings. The van der Waals surface area contributed by atoms with E-state index in [1.54, 1.807) is 12.3 Å². The zero-order chi connectivity index (χ0) is 10.1. The molecule has 0 aliphatic heterocycles. The number of aliphatic hydroxyl groups excluding tert-OH is 1. The van der Waals surface area contributed by atoms with Crippen LogP contribution in [-0.2, 0) is 11.2 Å². The summed E-state index contributed by atoms with van der Waals surface area (Å²) in [5.41, 5.74) is 1.48. The van der Waals surface area contributed by atoms with E-state index >= 15 is 0 Å². The van der Waals surface area contributed by atoms with Crippen LogP contribution in [0.1, 0.15) is 23.8 Å². The van der Waals surface area contributed by atoms with E-state index in [2.05, 4.69) is 4.98 Å². The molecule has 2 unspecified atom stereocenters. The third kappa shape index (κ3) is 1.48. The summed E-state index contributed by atoms with van der Waals surface area (Å²) in [6.45, 7) is 0. The van der Waals surface area contributed by atoms with Crippen molar-refractivity contribution in [3.05, 3.63) is 29.6 Å². The molecule has 4 heteroatoms. The van der Waals surface area contributed by atoms with Crippen LogP contribution in [-0.4, -0.2) is 21.2 Å². The van der Waals surface area contributed by atoms with E-state index in [4.69, 9.17) is 5.11 Å². The van der Waals surface area contributed by atoms with E-state index in [0.717, 1.165) is 5.56 Å². The molecule has 4 nitrogen and oxygen atoms in total. The SMILES string of the molecule is O=C(O)C1Cc2cccnc2C(O)C1. The Balaban J connectivity index is 2.33. The molecule has 2 N–H and O–H groups in total. The number of hydrogen-bond acceptors (Lipinski definition) is 3. The first-order valence-corrected chi connectivity index (χ1v) is 4.53. The summed E-state index contributed by atoms with van der Waals surface area (Å²) in [7, 11) is 0. The number of rotatable bonds is 1. The Bertz CT molecular complexity index is 364. The molecule has 1 aromatic heterocycles. The predicted molar refractivity (Wildman–Crippen MR) is 48.6 cm³/mol. The lowest BCUT2D eigenvalue weighted by molar-refractivity contribution is -0.143. The maximum Gasteiger partial charge on any atom is 0.306 e. The van der Waals surface area contributed by atoms with E-state index < -0.39 is 18.0 Å². The minimum atomic E-state index is -0.849. The second kappa shape index (κ2) is 3.38. The van der Waals surface area contributed by atoms with Crippen molar-refractivity contribution >= 4 is 5.97 Å². The number of aromatic nitrogens is 1. The third-order valence-corrected chi connectivity index (χ3v) is 2.57. The van der Waals surface area contributed by atoms with Gasteiger partial charge in [0, 0.05) is 6.20 Å². The van der Waals surface area contributed by atoms with Crippen LogP contribution in [0.15, 0.2) is 18.3 Å². The molecule has 1 aliphatic carbocycles. The average molecular weight is 193 g/mol. The van der Waals surface area contributed by atoms with Gasteiger partial charge in [-0.25, -0.2) is 0 Å². The monoisotopic (exact) mass is 193 g/mol. The lowest BCUT2D eigenvalue weighted by Gasteiger charge is -2.24. The highest BCUT2D eigenvalue weighted by Crippen LogP contribution is 2.31. The zero-order valence-corrected chi connectivity index (χ0v) is 7.55. The van der Waals surface area contributed by atoms with E-state index in [1.807, 2.05) is 6.07 Å². The topological polar surface area (TPSA) is 70.4 Å². The lowest BCUT2D eigenvalue weighted by Crippen LogP contribution is -2.25. The van der Waals surface area contributed by atoms with Crippen LogP contribution in [0, 0.1) is 5.92 Å². The Morgan fingerprint density at radius 3 is 3.07 bits per heavy atom. The average Bonchev–Trinajstić information content (AvgIpc) is 2.17. The molecule has 1 heterocycles. The second-order valence-corrected chi connectivity index (χ2v) is 3.54. The van der Waals surface area contributed by atoms with Crippen molar-refractivity contribution in [3.63, 3.8) is 0 Å². The van der Waals surface area contributed by atoms with Gasteiger partial charge in [0.2, 0.25) is 0 Å². The fourth-order valence-electron chi connectivity index (χ4n) is 1.84. The molecule has 0 saturated heterocycles. The van der Waals surface area contributed by atoms with Crippen LogP contribution in [0.2, 0.25) is 0 Å². The number of carboxylic acids is 1.